The molecule has 2 rings (SSSR count). The van der Waals surface area contributed by atoms with Gasteiger partial charge in [-0.1, -0.05) is 19.3 Å². The predicted octanol–water partition coefficient (Wildman–Crippen LogP) is 2.15. The zero-order valence-corrected chi connectivity index (χ0v) is 10.5. The Balaban J connectivity index is 2.13. The van der Waals surface area contributed by atoms with E-state index in [1.54, 1.807) is 4.90 Å². The van der Waals surface area contributed by atoms with Gasteiger partial charge in [-0.2, -0.15) is 0 Å². The molecule has 1 aliphatic heterocycles. The summed E-state index contributed by atoms with van der Waals surface area (Å²) in [6.07, 6.45) is 5.91. The summed E-state index contributed by atoms with van der Waals surface area (Å²) in [4.78, 5) is 25.2. The molecular formula is C13H21NO2. The van der Waals surface area contributed by atoms with Gasteiger partial charge in [0, 0.05) is 5.54 Å². The molecule has 3 heteroatoms. The van der Waals surface area contributed by atoms with Crippen molar-refractivity contribution in [3.05, 3.63) is 0 Å². The van der Waals surface area contributed by atoms with Crippen LogP contribution in [0.1, 0.15) is 52.9 Å². The van der Waals surface area contributed by atoms with Gasteiger partial charge < -0.3 is 4.90 Å². The molecule has 2 fully saturated rings. The number of β-lactam (4-membered cyclic amide) rings is 1. The Morgan fingerprint density at radius 3 is 2.12 bits per heavy atom. The SMILES string of the molecule is CC(C)(C)N1C(=O)C(=O)C1C1CCCCC1. The number of Topliss-reactive ketones (excluding diaryl/α,β-unsaturated/α-hetero) is 1. The molecule has 1 amide bonds. The summed E-state index contributed by atoms with van der Waals surface area (Å²) in [5.74, 6) is -0.0110. The quantitative estimate of drug-likeness (QED) is 0.504. The van der Waals surface area contributed by atoms with Crippen LogP contribution in [0.3, 0.4) is 0 Å². The van der Waals surface area contributed by atoms with Crippen molar-refractivity contribution in [1.82, 2.24) is 4.90 Å². The Morgan fingerprint density at radius 1 is 1.06 bits per heavy atom. The van der Waals surface area contributed by atoms with Gasteiger partial charge in [0.25, 0.3) is 5.91 Å². The Hall–Kier alpha value is -0.860. The molecular weight excluding hydrogens is 202 g/mol. The maximum absolute atomic E-state index is 11.7. The molecule has 1 saturated carbocycles. The molecule has 0 aromatic rings. The molecule has 1 unspecified atom stereocenters. The van der Waals surface area contributed by atoms with Crippen molar-refractivity contribution in [2.24, 2.45) is 5.92 Å². The van der Waals surface area contributed by atoms with E-state index in [1.165, 1.54) is 19.3 Å². The third-order valence-electron chi connectivity index (χ3n) is 3.80. The Bertz CT molecular complexity index is 310. The fourth-order valence-corrected chi connectivity index (χ4v) is 3.02. The molecule has 90 valence electrons. The summed E-state index contributed by atoms with van der Waals surface area (Å²) in [6, 6.07) is -0.118. The van der Waals surface area contributed by atoms with E-state index in [9.17, 15) is 9.59 Å². The Labute approximate surface area is 97.2 Å². The Morgan fingerprint density at radius 2 is 1.62 bits per heavy atom. The smallest absolute Gasteiger partial charge is 0.293 e. The minimum Gasteiger partial charge on any atom is -0.320 e. The number of ketones is 1. The number of carbonyl (C=O) groups is 2. The van der Waals surface area contributed by atoms with Gasteiger partial charge in [-0.25, -0.2) is 0 Å². The molecule has 2 aliphatic rings. The molecule has 0 aromatic carbocycles. The summed E-state index contributed by atoms with van der Waals surface area (Å²) >= 11 is 0. The molecule has 1 aliphatic carbocycles. The maximum atomic E-state index is 11.7. The van der Waals surface area contributed by atoms with Gasteiger partial charge in [-0.15, -0.1) is 0 Å². The van der Waals surface area contributed by atoms with Crippen molar-refractivity contribution in [2.45, 2.75) is 64.5 Å². The zero-order chi connectivity index (χ0) is 11.9. The largest absolute Gasteiger partial charge is 0.320 e. The molecule has 3 nitrogen and oxygen atoms in total. The number of nitrogens with zero attached hydrogens (tertiary/aromatic N) is 1. The van der Waals surface area contributed by atoms with Gasteiger partial charge in [0.1, 0.15) is 6.04 Å². The van der Waals surface area contributed by atoms with Crippen LogP contribution in [0.25, 0.3) is 0 Å². The highest BCUT2D eigenvalue weighted by atomic mass is 16.2. The first kappa shape index (κ1) is 11.6. The van der Waals surface area contributed by atoms with Crippen LogP contribution < -0.4 is 0 Å². The maximum Gasteiger partial charge on any atom is 0.293 e. The zero-order valence-electron chi connectivity index (χ0n) is 10.5. The first-order valence-corrected chi connectivity index (χ1v) is 6.30. The van der Waals surface area contributed by atoms with Gasteiger partial charge in [0.05, 0.1) is 0 Å². The number of amides is 1. The van der Waals surface area contributed by atoms with Crippen molar-refractivity contribution < 1.29 is 9.59 Å². The first-order chi connectivity index (χ1) is 7.43. The number of hydrogen-bond acceptors (Lipinski definition) is 2. The van der Waals surface area contributed by atoms with E-state index >= 15 is 0 Å². The molecule has 0 N–H and O–H groups in total. The van der Waals surface area contributed by atoms with Crippen LogP contribution in [0.2, 0.25) is 0 Å². The van der Waals surface area contributed by atoms with E-state index in [1.807, 2.05) is 20.8 Å². The summed E-state index contributed by atoms with van der Waals surface area (Å²) < 4.78 is 0. The molecule has 1 atom stereocenters. The second-order valence-corrected chi connectivity index (χ2v) is 6.05. The van der Waals surface area contributed by atoms with E-state index in [4.69, 9.17) is 0 Å². The highest BCUT2D eigenvalue weighted by Gasteiger charge is 2.53. The van der Waals surface area contributed by atoms with E-state index in [0.717, 1.165) is 12.8 Å². The van der Waals surface area contributed by atoms with Crippen LogP contribution in [-0.4, -0.2) is 28.2 Å². The topological polar surface area (TPSA) is 37.4 Å². The van der Waals surface area contributed by atoms with Crippen LogP contribution in [0.5, 0.6) is 0 Å². The second-order valence-electron chi connectivity index (χ2n) is 6.05. The van der Waals surface area contributed by atoms with E-state index in [0.29, 0.717) is 5.92 Å². The minimum absolute atomic E-state index is 0.118. The lowest BCUT2D eigenvalue weighted by Crippen LogP contribution is -2.70. The van der Waals surface area contributed by atoms with Crippen LogP contribution in [0, 0.1) is 5.92 Å². The average Bonchev–Trinajstić information content (AvgIpc) is 2.23. The van der Waals surface area contributed by atoms with Crippen molar-refractivity contribution in [2.75, 3.05) is 0 Å². The molecule has 0 spiro atoms. The number of likely N-dealkylation sites (tertiary alicyclic amines) is 1. The molecule has 0 aromatic heterocycles. The third-order valence-corrected chi connectivity index (χ3v) is 3.80. The lowest BCUT2D eigenvalue weighted by Gasteiger charge is -2.51. The van der Waals surface area contributed by atoms with Gasteiger partial charge in [-0.3, -0.25) is 9.59 Å². The minimum atomic E-state index is -0.275. The Kier molecular flexibility index (Phi) is 2.81. The summed E-state index contributed by atoms with van der Waals surface area (Å²) in [5, 5.41) is 0. The molecule has 0 radical (unpaired) electrons. The fraction of sp³-hybridized carbons (Fsp3) is 0.846. The van der Waals surface area contributed by atoms with Crippen LogP contribution in [0.4, 0.5) is 0 Å². The van der Waals surface area contributed by atoms with Gasteiger partial charge >= 0.3 is 0 Å². The second kappa shape index (κ2) is 3.86. The monoisotopic (exact) mass is 223 g/mol. The molecule has 16 heavy (non-hydrogen) atoms. The van der Waals surface area contributed by atoms with Crippen molar-refractivity contribution in [3.8, 4) is 0 Å². The number of hydrogen-bond donors (Lipinski definition) is 0. The highest BCUT2D eigenvalue weighted by molar-refractivity contribution is 6.44. The lowest BCUT2D eigenvalue weighted by atomic mass is 9.76. The first-order valence-electron chi connectivity index (χ1n) is 6.30. The van der Waals surface area contributed by atoms with Crippen LogP contribution in [0.15, 0.2) is 0 Å². The van der Waals surface area contributed by atoms with Crippen molar-refractivity contribution in [3.63, 3.8) is 0 Å². The molecule has 1 saturated heterocycles. The lowest BCUT2D eigenvalue weighted by molar-refractivity contribution is -0.171. The number of rotatable bonds is 1. The van der Waals surface area contributed by atoms with E-state index in [-0.39, 0.29) is 23.3 Å². The van der Waals surface area contributed by atoms with E-state index < -0.39 is 0 Å². The van der Waals surface area contributed by atoms with Crippen molar-refractivity contribution in [1.29, 1.82) is 0 Å². The number of carbonyl (C=O) groups excluding carboxylic acids is 2. The molecule has 0 bridgehead atoms. The van der Waals surface area contributed by atoms with Gasteiger partial charge in [-0.05, 0) is 39.5 Å². The highest BCUT2D eigenvalue weighted by Crippen LogP contribution is 2.37. The molecule has 1 heterocycles. The van der Waals surface area contributed by atoms with Gasteiger partial charge in [0.2, 0.25) is 5.78 Å². The summed E-state index contributed by atoms with van der Waals surface area (Å²) in [6.45, 7) is 6.02. The summed E-state index contributed by atoms with van der Waals surface area (Å²) in [7, 11) is 0. The van der Waals surface area contributed by atoms with Gasteiger partial charge in [0.15, 0.2) is 0 Å². The van der Waals surface area contributed by atoms with Crippen molar-refractivity contribution >= 4 is 11.7 Å². The average molecular weight is 223 g/mol. The van der Waals surface area contributed by atoms with E-state index in [2.05, 4.69) is 0 Å². The van der Waals surface area contributed by atoms with Crippen LogP contribution in [-0.2, 0) is 9.59 Å². The standard InChI is InChI=1S/C13H21NO2/c1-13(2,3)14-10(11(15)12(14)16)9-7-5-4-6-8-9/h9-10H,4-8H2,1-3H3. The third kappa shape index (κ3) is 1.76. The summed E-state index contributed by atoms with van der Waals surface area (Å²) in [5.41, 5.74) is -0.215. The van der Waals surface area contributed by atoms with Crippen LogP contribution >= 0.6 is 0 Å². The fourth-order valence-electron chi connectivity index (χ4n) is 3.02. The predicted molar refractivity (Wildman–Crippen MR) is 62.0 cm³/mol. The normalized spacial score (nSPS) is 28.2.